The second-order valence-electron chi connectivity index (χ2n) is 3.98. The number of aromatic nitrogens is 2. The van der Waals surface area contributed by atoms with Crippen LogP contribution >= 0.6 is 11.6 Å². The Morgan fingerprint density at radius 3 is 2.67 bits per heavy atom. The molecule has 0 amide bonds. The smallest absolute Gasteiger partial charge is 0.129 e. The van der Waals surface area contributed by atoms with E-state index < -0.39 is 0 Å². The monoisotopic (exact) mass is 227 g/mol. The van der Waals surface area contributed by atoms with Crippen LogP contribution in [0.15, 0.2) is 12.4 Å². The van der Waals surface area contributed by atoms with Crippen LogP contribution in [0.2, 0.25) is 0 Å². The van der Waals surface area contributed by atoms with Gasteiger partial charge in [0.15, 0.2) is 0 Å². The molecular formula is C11H18ClN3. The highest BCUT2D eigenvalue weighted by atomic mass is 35.5. The van der Waals surface area contributed by atoms with Crippen LogP contribution in [0.3, 0.4) is 0 Å². The van der Waals surface area contributed by atoms with Gasteiger partial charge in [-0.1, -0.05) is 13.8 Å². The van der Waals surface area contributed by atoms with Gasteiger partial charge in [-0.25, -0.2) is 9.97 Å². The summed E-state index contributed by atoms with van der Waals surface area (Å²) in [5, 5.41) is 3.43. The van der Waals surface area contributed by atoms with E-state index in [1.807, 2.05) is 13.0 Å². The number of halogens is 1. The van der Waals surface area contributed by atoms with Crippen LogP contribution in [0, 0.1) is 0 Å². The first-order valence-corrected chi connectivity index (χ1v) is 5.73. The van der Waals surface area contributed by atoms with Crippen molar-refractivity contribution in [2.45, 2.75) is 38.5 Å². The van der Waals surface area contributed by atoms with Crippen molar-refractivity contribution in [1.82, 2.24) is 9.97 Å². The quantitative estimate of drug-likeness (QED) is 0.786. The normalized spacial score (nSPS) is 12.9. The van der Waals surface area contributed by atoms with Crippen molar-refractivity contribution in [3.05, 3.63) is 18.1 Å². The predicted molar refractivity (Wildman–Crippen MR) is 64.5 cm³/mol. The molecule has 1 atom stereocenters. The minimum atomic E-state index is 0.198. The molecule has 1 heterocycles. The van der Waals surface area contributed by atoms with Crippen LogP contribution in [-0.2, 0) is 0 Å². The fourth-order valence-corrected chi connectivity index (χ4v) is 1.29. The second-order valence-corrected chi connectivity index (χ2v) is 4.72. The van der Waals surface area contributed by atoms with Gasteiger partial charge >= 0.3 is 0 Å². The van der Waals surface area contributed by atoms with Gasteiger partial charge in [-0.05, 0) is 19.3 Å². The number of hydrogen-bond acceptors (Lipinski definition) is 3. The van der Waals surface area contributed by atoms with E-state index in [4.69, 9.17) is 11.6 Å². The van der Waals surface area contributed by atoms with Gasteiger partial charge in [-0.2, -0.15) is 0 Å². The summed E-state index contributed by atoms with van der Waals surface area (Å²) in [6.45, 7) is 7.07. The van der Waals surface area contributed by atoms with Gasteiger partial charge in [0.25, 0.3) is 0 Å². The van der Waals surface area contributed by atoms with Crippen molar-refractivity contribution >= 4 is 17.4 Å². The molecule has 0 bridgehead atoms. The molecule has 0 fully saturated rings. The average Bonchev–Trinajstić information content (AvgIpc) is 2.17. The zero-order valence-electron chi connectivity index (χ0n) is 9.50. The Bertz CT molecular complexity index is 300. The van der Waals surface area contributed by atoms with Crippen molar-refractivity contribution in [3.8, 4) is 0 Å². The Morgan fingerprint density at radius 2 is 2.07 bits per heavy atom. The molecule has 0 aliphatic rings. The summed E-state index contributed by atoms with van der Waals surface area (Å²) in [5.74, 6) is 1.31. The Kier molecular flexibility index (Phi) is 4.82. The Labute approximate surface area is 96.3 Å². The number of nitrogens with one attached hydrogen (secondary N) is 1. The summed E-state index contributed by atoms with van der Waals surface area (Å²) >= 11 is 5.85. The molecule has 1 unspecified atom stereocenters. The van der Waals surface area contributed by atoms with Gasteiger partial charge in [0.05, 0.1) is 0 Å². The maximum absolute atomic E-state index is 5.85. The molecule has 1 aromatic rings. The van der Waals surface area contributed by atoms with Crippen molar-refractivity contribution in [3.63, 3.8) is 0 Å². The van der Waals surface area contributed by atoms with E-state index in [0.29, 0.717) is 5.92 Å². The van der Waals surface area contributed by atoms with Crippen LogP contribution in [0.4, 0.5) is 5.82 Å². The minimum absolute atomic E-state index is 0.198. The molecule has 1 rings (SSSR count). The van der Waals surface area contributed by atoms with Gasteiger partial charge in [-0.15, -0.1) is 11.6 Å². The fraction of sp³-hybridized carbons (Fsp3) is 0.636. The third-order valence-corrected chi connectivity index (χ3v) is 2.35. The third kappa shape index (κ3) is 4.47. The zero-order chi connectivity index (χ0) is 11.3. The highest BCUT2D eigenvalue weighted by Crippen LogP contribution is 2.13. The van der Waals surface area contributed by atoms with Gasteiger partial charge in [-0.3, -0.25) is 0 Å². The highest BCUT2D eigenvalue weighted by molar-refractivity contribution is 6.20. The first-order chi connectivity index (χ1) is 7.09. The Hall–Kier alpha value is -0.830. The van der Waals surface area contributed by atoms with E-state index in [9.17, 15) is 0 Å². The van der Waals surface area contributed by atoms with E-state index in [2.05, 4.69) is 29.1 Å². The lowest BCUT2D eigenvalue weighted by molar-refractivity contribution is 0.807. The van der Waals surface area contributed by atoms with E-state index in [1.54, 1.807) is 6.33 Å². The van der Waals surface area contributed by atoms with Crippen LogP contribution in [0.1, 0.15) is 38.8 Å². The summed E-state index contributed by atoms with van der Waals surface area (Å²) in [6, 6.07) is 1.99. The second kappa shape index (κ2) is 5.91. The van der Waals surface area contributed by atoms with Crippen molar-refractivity contribution in [2.24, 2.45) is 0 Å². The van der Waals surface area contributed by atoms with Gasteiger partial charge < -0.3 is 5.32 Å². The zero-order valence-corrected chi connectivity index (χ0v) is 10.3. The third-order valence-electron chi connectivity index (χ3n) is 2.13. The van der Waals surface area contributed by atoms with Crippen LogP contribution < -0.4 is 5.32 Å². The fourth-order valence-electron chi connectivity index (χ4n) is 1.18. The summed E-state index contributed by atoms with van der Waals surface area (Å²) in [6.07, 6.45) is 2.53. The predicted octanol–water partition coefficient (Wildman–Crippen LogP) is 3.03. The van der Waals surface area contributed by atoms with Crippen LogP contribution in [-0.4, -0.2) is 21.9 Å². The van der Waals surface area contributed by atoms with E-state index in [1.165, 1.54) is 0 Å². The number of alkyl halides is 1. The van der Waals surface area contributed by atoms with Gasteiger partial charge in [0, 0.05) is 23.7 Å². The molecule has 0 radical (unpaired) electrons. The number of rotatable bonds is 5. The van der Waals surface area contributed by atoms with Crippen LogP contribution in [0.25, 0.3) is 0 Å². The van der Waals surface area contributed by atoms with Crippen molar-refractivity contribution < 1.29 is 0 Å². The molecule has 0 aliphatic carbocycles. The summed E-state index contributed by atoms with van der Waals surface area (Å²) < 4.78 is 0. The van der Waals surface area contributed by atoms with Crippen molar-refractivity contribution in [2.75, 3.05) is 11.9 Å². The SMILES string of the molecule is CC(Cl)CCNc1cc(C(C)C)ncn1. The van der Waals surface area contributed by atoms with Gasteiger partial charge in [0.1, 0.15) is 12.1 Å². The molecular weight excluding hydrogens is 210 g/mol. The lowest BCUT2D eigenvalue weighted by Crippen LogP contribution is -2.08. The highest BCUT2D eigenvalue weighted by Gasteiger charge is 2.02. The summed E-state index contributed by atoms with van der Waals surface area (Å²) in [7, 11) is 0. The molecule has 0 spiro atoms. The topological polar surface area (TPSA) is 37.8 Å². The standard InChI is InChI=1S/C11H18ClN3/c1-8(2)10-6-11(15-7-14-10)13-5-4-9(3)12/h6-9H,4-5H2,1-3H3,(H,13,14,15). The molecule has 0 saturated heterocycles. The van der Waals surface area contributed by atoms with Crippen LogP contribution in [0.5, 0.6) is 0 Å². The maximum Gasteiger partial charge on any atom is 0.129 e. The molecule has 0 saturated carbocycles. The lowest BCUT2D eigenvalue weighted by atomic mass is 10.1. The lowest BCUT2D eigenvalue weighted by Gasteiger charge is -2.09. The largest absolute Gasteiger partial charge is 0.370 e. The first-order valence-electron chi connectivity index (χ1n) is 5.29. The Morgan fingerprint density at radius 1 is 1.33 bits per heavy atom. The van der Waals surface area contributed by atoms with Gasteiger partial charge in [0.2, 0.25) is 0 Å². The molecule has 1 N–H and O–H groups in total. The molecule has 3 nitrogen and oxygen atoms in total. The molecule has 84 valence electrons. The van der Waals surface area contributed by atoms with E-state index >= 15 is 0 Å². The van der Waals surface area contributed by atoms with E-state index in [-0.39, 0.29) is 5.38 Å². The summed E-state index contributed by atoms with van der Waals surface area (Å²) in [4.78, 5) is 8.36. The summed E-state index contributed by atoms with van der Waals surface area (Å²) in [5.41, 5.74) is 1.06. The average molecular weight is 228 g/mol. The minimum Gasteiger partial charge on any atom is -0.370 e. The molecule has 0 aromatic carbocycles. The molecule has 1 aromatic heterocycles. The van der Waals surface area contributed by atoms with E-state index in [0.717, 1.165) is 24.5 Å². The molecule has 0 aliphatic heterocycles. The molecule has 4 heteroatoms. The number of anilines is 1. The first kappa shape index (κ1) is 12.2. The van der Waals surface area contributed by atoms with Crippen molar-refractivity contribution in [1.29, 1.82) is 0 Å². The Balaban J connectivity index is 2.50. The molecule has 15 heavy (non-hydrogen) atoms. The maximum atomic E-state index is 5.85. The number of nitrogens with zero attached hydrogens (tertiary/aromatic N) is 2. The number of hydrogen-bond donors (Lipinski definition) is 1.